The molecule has 0 saturated carbocycles. The summed E-state index contributed by atoms with van der Waals surface area (Å²) in [5.74, 6) is 0. The molecule has 0 saturated heterocycles. The smallest absolute Gasteiger partial charge is 0.211 e. The minimum absolute atomic E-state index is 0.256. The molecule has 466 valence electrons. The zero-order valence-corrected chi connectivity index (χ0v) is 55.8. The number of fused-ring (bicyclic) bond motifs is 11. The zero-order valence-electron chi connectivity index (χ0n) is 54.2. The fourth-order valence-electron chi connectivity index (χ4n) is 15.3. The molecule has 0 radical (unpaired) electrons. The van der Waals surface area contributed by atoms with Crippen molar-refractivity contribution in [3.05, 3.63) is 358 Å². The standard InChI is InChI=1S/C91H62BN5S2/c1-92-76-57-74(65-30-10-4-11-31-65)84(96-80-38-18-22-42-88(80)98-89-43-23-19-39-81(89)96)59-86(76)93(67-50-46-63(47-51-67)61-26-6-2-7-27-61)69-54-70(56-71(55-69)95-78-36-16-14-34-72(78)73-35-15-17-37-79(73)95)94(68-52-48-64(49-53-68)62-28-8-3-9-29-62)87-60-85(75(58-77(87)92)66-32-12-5-13-33-66)97-82-40-20-24-44-90(82)99-91-45-25-21-41-83(91)97/h2-60H,1H3. The molecule has 8 heteroatoms. The highest BCUT2D eigenvalue weighted by Gasteiger charge is 2.37. The molecule has 99 heavy (non-hydrogen) atoms. The lowest BCUT2D eigenvalue weighted by atomic mass is 9.41. The van der Waals surface area contributed by atoms with Crippen molar-refractivity contribution in [2.75, 3.05) is 19.6 Å². The van der Waals surface area contributed by atoms with E-state index in [4.69, 9.17) is 0 Å². The molecule has 0 unspecified atom stereocenters. The molecule has 19 rings (SSSR count). The largest absolute Gasteiger partial charge is 0.311 e. The lowest BCUT2D eigenvalue weighted by Gasteiger charge is -2.39. The maximum Gasteiger partial charge on any atom is 0.211 e. The van der Waals surface area contributed by atoms with Gasteiger partial charge in [-0.2, -0.15) is 0 Å². The van der Waals surface area contributed by atoms with Gasteiger partial charge in [0.05, 0.1) is 62.2 Å². The quantitative estimate of drug-likeness (QED) is 0.133. The van der Waals surface area contributed by atoms with Crippen molar-refractivity contribution in [1.29, 1.82) is 0 Å². The SMILES string of the molecule is CB1c2cc(-c3ccccc3)c(N3c4ccccc4Sc4ccccc43)cc2N(c2ccc(-c3ccccc3)cc2)c2cc(cc(-n3c4ccccc4c4ccccc43)c2)N(c2ccc(-c3ccccc3)cc2)c2cc(N3c4ccccc4Sc4ccccc43)c(-c3ccccc3)cc21. The first-order chi connectivity index (χ1) is 49.0. The van der Waals surface area contributed by atoms with Crippen LogP contribution in [0.5, 0.6) is 0 Å². The number of para-hydroxylation sites is 6. The van der Waals surface area contributed by atoms with Gasteiger partial charge in [0, 0.05) is 64.2 Å². The molecule has 5 nitrogen and oxygen atoms in total. The Bertz CT molecular complexity index is 5340. The van der Waals surface area contributed by atoms with E-state index in [2.05, 4.69) is 389 Å². The molecular weight excluding hydrogens is 1240 g/mol. The van der Waals surface area contributed by atoms with E-state index < -0.39 is 0 Å². The van der Waals surface area contributed by atoms with E-state index in [0.29, 0.717) is 0 Å². The lowest BCUT2D eigenvalue weighted by molar-refractivity contribution is 1.15. The third-order valence-electron chi connectivity index (χ3n) is 19.9. The summed E-state index contributed by atoms with van der Waals surface area (Å²) in [6, 6.07) is 133. The van der Waals surface area contributed by atoms with E-state index >= 15 is 0 Å². The molecule has 2 bridgehead atoms. The van der Waals surface area contributed by atoms with Crippen LogP contribution in [-0.4, -0.2) is 11.3 Å². The molecular formula is C91H62BN5S2. The Morgan fingerprint density at radius 3 is 0.899 bits per heavy atom. The van der Waals surface area contributed by atoms with Crippen molar-refractivity contribution in [1.82, 2.24) is 4.57 Å². The Labute approximate surface area is 585 Å². The van der Waals surface area contributed by atoms with E-state index in [9.17, 15) is 0 Å². The second-order valence-electron chi connectivity index (χ2n) is 25.6. The summed E-state index contributed by atoms with van der Waals surface area (Å²) >= 11 is 3.68. The molecule has 0 aliphatic carbocycles. The lowest BCUT2D eigenvalue weighted by Crippen LogP contribution is -2.44. The number of hydrogen-bond acceptors (Lipinski definition) is 6. The van der Waals surface area contributed by atoms with Gasteiger partial charge in [0.2, 0.25) is 6.71 Å². The third kappa shape index (κ3) is 10.0. The second kappa shape index (κ2) is 24.3. The van der Waals surface area contributed by atoms with Crippen LogP contribution in [0.4, 0.5) is 68.2 Å². The van der Waals surface area contributed by atoms with Crippen LogP contribution < -0.4 is 30.5 Å². The van der Waals surface area contributed by atoms with E-state index in [1.807, 2.05) is 23.5 Å². The van der Waals surface area contributed by atoms with Crippen molar-refractivity contribution < 1.29 is 0 Å². The molecule has 0 amide bonds. The summed E-state index contributed by atoms with van der Waals surface area (Å²) in [5.41, 5.74) is 27.7. The average molecular weight is 1300 g/mol. The molecule has 4 heterocycles. The van der Waals surface area contributed by atoms with Crippen LogP contribution in [0.1, 0.15) is 0 Å². The van der Waals surface area contributed by atoms with Gasteiger partial charge in [-0.25, -0.2) is 0 Å². The predicted octanol–water partition coefficient (Wildman–Crippen LogP) is 24.8. The number of aromatic nitrogens is 1. The maximum absolute atomic E-state index is 2.57. The molecule has 0 spiro atoms. The number of hydrogen-bond donors (Lipinski definition) is 0. The molecule has 3 aliphatic heterocycles. The minimum atomic E-state index is -0.256. The Morgan fingerprint density at radius 2 is 0.525 bits per heavy atom. The fraction of sp³-hybridized carbons (Fsp3) is 0.0110. The van der Waals surface area contributed by atoms with Crippen molar-refractivity contribution in [3.8, 4) is 50.2 Å². The van der Waals surface area contributed by atoms with Gasteiger partial charge in [-0.3, -0.25) is 0 Å². The highest BCUT2D eigenvalue weighted by molar-refractivity contribution is 8.00. The molecule has 1 aromatic heterocycles. The van der Waals surface area contributed by atoms with Crippen molar-refractivity contribution >= 4 is 131 Å². The van der Waals surface area contributed by atoms with Gasteiger partial charge in [-0.15, -0.1) is 0 Å². The summed E-state index contributed by atoms with van der Waals surface area (Å²) in [5, 5.41) is 2.40. The average Bonchev–Trinajstić information content (AvgIpc) is 1.65. The Balaban J connectivity index is 0.986. The number of nitrogens with zero attached hydrogens (tertiary/aromatic N) is 5. The number of anilines is 12. The summed E-state index contributed by atoms with van der Waals surface area (Å²) < 4.78 is 2.49. The van der Waals surface area contributed by atoms with Crippen LogP contribution in [0, 0.1) is 0 Å². The topological polar surface area (TPSA) is 17.9 Å². The predicted molar refractivity (Wildman–Crippen MR) is 420 cm³/mol. The molecule has 3 aliphatic rings. The molecule has 0 fully saturated rings. The Hall–Kier alpha value is -11.9. The first kappa shape index (κ1) is 58.4. The summed E-state index contributed by atoms with van der Waals surface area (Å²) in [4.78, 5) is 15.0. The van der Waals surface area contributed by atoms with Crippen LogP contribution in [0.2, 0.25) is 6.82 Å². The van der Waals surface area contributed by atoms with E-state index in [0.717, 1.165) is 118 Å². The Morgan fingerprint density at radius 1 is 0.222 bits per heavy atom. The molecule has 0 atom stereocenters. The van der Waals surface area contributed by atoms with E-state index in [1.54, 1.807) is 0 Å². The van der Waals surface area contributed by atoms with Crippen molar-refractivity contribution in [2.24, 2.45) is 0 Å². The summed E-state index contributed by atoms with van der Waals surface area (Å²) in [7, 11) is 0. The Kier molecular flexibility index (Phi) is 14.3. The van der Waals surface area contributed by atoms with Crippen LogP contribution >= 0.6 is 23.5 Å². The number of benzene rings is 15. The molecule has 16 aromatic rings. The minimum Gasteiger partial charge on any atom is -0.311 e. The van der Waals surface area contributed by atoms with Gasteiger partial charge < -0.3 is 24.2 Å². The third-order valence-corrected chi connectivity index (χ3v) is 22.2. The van der Waals surface area contributed by atoms with Gasteiger partial charge in [0.1, 0.15) is 0 Å². The molecule has 15 aromatic carbocycles. The van der Waals surface area contributed by atoms with Gasteiger partial charge in [0.25, 0.3) is 0 Å². The summed E-state index contributed by atoms with van der Waals surface area (Å²) in [6.45, 7) is 2.20. The second-order valence-corrected chi connectivity index (χ2v) is 27.8. The van der Waals surface area contributed by atoms with Crippen LogP contribution in [-0.2, 0) is 0 Å². The highest BCUT2D eigenvalue weighted by atomic mass is 32.2. The van der Waals surface area contributed by atoms with Crippen LogP contribution in [0.15, 0.2) is 377 Å². The fourth-order valence-corrected chi connectivity index (χ4v) is 17.4. The first-order valence-corrected chi connectivity index (χ1v) is 35.5. The normalized spacial score (nSPS) is 12.9. The van der Waals surface area contributed by atoms with Crippen molar-refractivity contribution in [2.45, 2.75) is 26.4 Å². The van der Waals surface area contributed by atoms with Crippen LogP contribution in [0.25, 0.3) is 72.0 Å². The van der Waals surface area contributed by atoms with Crippen LogP contribution in [0.3, 0.4) is 0 Å². The van der Waals surface area contributed by atoms with Gasteiger partial charge in [-0.1, -0.05) is 284 Å². The van der Waals surface area contributed by atoms with E-state index in [1.165, 1.54) is 52.4 Å². The zero-order chi connectivity index (χ0) is 65.5. The van der Waals surface area contributed by atoms with Gasteiger partial charge >= 0.3 is 0 Å². The molecule has 0 N–H and O–H groups in total. The number of rotatable bonds is 9. The maximum atomic E-state index is 2.57. The van der Waals surface area contributed by atoms with E-state index in [-0.39, 0.29) is 6.71 Å². The monoisotopic (exact) mass is 1300 g/mol. The highest BCUT2D eigenvalue weighted by Crippen LogP contribution is 2.57. The first-order valence-electron chi connectivity index (χ1n) is 33.9. The van der Waals surface area contributed by atoms with Gasteiger partial charge in [-0.05, 0) is 149 Å². The van der Waals surface area contributed by atoms with Gasteiger partial charge in [0.15, 0.2) is 0 Å². The summed E-state index contributed by atoms with van der Waals surface area (Å²) in [6.07, 6.45) is 0. The van der Waals surface area contributed by atoms with Crippen molar-refractivity contribution in [3.63, 3.8) is 0 Å².